The molecule has 0 bridgehead atoms. The van der Waals surface area contributed by atoms with Crippen LogP contribution in [0.3, 0.4) is 0 Å². The van der Waals surface area contributed by atoms with E-state index < -0.39 is 0 Å². The van der Waals surface area contributed by atoms with Crippen molar-refractivity contribution in [1.29, 1.82) is 0 Å². The molecule has 0 fully saturated rings. The minimum absolute atomic E-state index is 0.130. The maximum atomic E-state index is 14.2. The van der Waals surface area contributed by atoms with Crippen molar-refractivity contribution in [2.75, 3.05) is 5.32 Å². The highest BCUT2D eigenvalue weighted by Gasteiger charge is 2.14. The van der Waals surface area contributed by atoms with Crippen molar-refractivity contribution in [2.24, 2.45) is 5.73 Å². The molecule has 0 aliphatic rings. The maximum Gasteiger partial charge on any atom is 0.161 e. The summed E-state index contributed by atoms with van der Waals surface area (Å²) in [5.74, 6) is -0.367. The molecule has 106 valence electrons. The van der Waals surface area contributed by atoms with Gasteiger partial charge in [-0.15, -0.1) is 11.3 Å². The summed E-state index contributed by atoms with van der Waals surface area (Å²) < 4.78 is 14.5. The quantitative estimate of drug-likeness (QED) is 0.767. The van der Waals surface area contributed by atoms with Crippen LogP contribution >= 0.6 is 39.5 Å². The van der Waals surface area contributed by atoms with Crippen molar-refractivity contribution in [3.8, 4) is 0 Å². The van der Waals surface area contributed by atoms with Crippen LogP contribution in [0.2, 0.25) is 0 Å². The van der Waals surface area contributed by atoms with Gasteiger partial charge in [0.15, 0.2) is 5.82 Å². The van der Waals surface area contributed by atoms with Gasteiger partial charge in [-0.2, -0.15) is 0 Å². The van der Waals surface area contributed by atoms with Gasteiger partial charge in [-0.25, -0.2) is 4.39 Å². The number of nitrogens with one attached hydrogen (secondary N) is 1. The van der Waals surface area contributed by atoms with Crippen LogP contribution < -0.4 is 11.1 Å². The zero-order valence-corrected chi connectivity index (χ0v) is 14.0. The number of hydrogen-bond acceptors (Lipinski definition) is 3. The maximum absolute atomic E-state index is 14.2. The van der Waals surface area contributed by atoms with E-state index in [4.69, 9.17) is 18.0 Å². The molecule has 1 atom stereocenters. The van der Waals surface area contributed by atoms with Crippen molar-refractivity contribution >= 4 is 50.2 Å². The highest BCUT2D eigenvalue weighted by molar-refractivity contribution is 9.10. The SMILES string of the molecule is CC(Cc1cccs1)Nc1ccc(C(N)=S)c(Br)c1F. The molecular formula is C14H14BrFN2S2. The Morgan fingerprint density at radius 1 is 1.50 bits per heavy atom. The van der Waals surface area contributed by atoms with E-state index in [1.165, 1.54) is 4.88 Å². The summed E-state index contributed by atoms with van der Waals surface area (Å²) in [6.07, 6.45) is 0.853. The third kappa shape index (κ3) is 3.56. The van der Waals surface area contributed by atoms with E-state index in [0.29, 0.717) is 15.7 Å². The highest BCUT2D eigenvalue weighted by atomic mass is 79.9. The summed E-state index contributed by atoms with van der Waals surface area (Å²) in [5, 5.41) is 5.21. The number of nitrogens with two attached hydrogens (primary N) is 1. The van der Waals surface area contributed by atoms with Gasteiger partial charge in [0, 0.05) is 22.9 Å². The van der Waals surface area contributed by atoms with Crippen LogP contribution in [-0.2, 0) is 6.42 Å². The van der Waals surface area contributed by atoms with Gasteiger partial charge < -0.3 is 11.1 Å². The smallest absolute Gasteiger partial charge is 0.161 e. The number of hydrogen-bond donors (Lipinski definition) is 2. The Hall–Kier alpha value is -0.980. The van der Waals surface area contributed by atoms with E-state index in [-0.39, 0.29) is 16.8 Å². The molecule has 1 aromatic heterocycles. The highest BCUT2D eigenvalue weighted by Crippen LogP contribution is 2.28. The van der Waals surface area contributed by atoms with E-state index in [9.17, 15) is 4.39 Å². The lowest BCUT2D eigenvalue weighted by Crippen LogP contribution is -2.19. The predicted octanol–water partition coefficient (Wildman–Crippen LogP) is 4.33. The topological polar surface area (TPSA) is 38.0 Å². The average Bonchev–Trinajstić information content (AvgIpc) is 2.87. The Labute approximate surface area is 135 Å². The average molecular weight is 373 g/mol. The monoisotopic (exact) mass is 372 g/mol. The third-order valence-corrected chi connectivity index (χ3v) is 4.73. The minimum Gasteiger partial charge on any atom is -0.389 e. The molecule has 0 saturated carbocycles. The van der Waals surface area contributed by atoms with Crippen LogP contribution in [0.25, 0.3) is 0 Å². The third-order valence-electron chi connectivity index (χ3n) is 2.84. The second-order valence-corrected chi connectivity index (χ2v) is 6.75. The molecule has 2 nitrogen and oxygen atoms in total. The zero-order chi connectivity index (χ0) is 14.7. The Bertz CT molecular complexity index is 614. The van der Waals surface area contributed by atoms with Crippen molar-refractivity contribution in [2.45, 2.75) is 19.4 Å². The van der Waals surface area contributed by atoms with Crippen LogP contribution in [0.4, 0.5) is 10.1 Å². The number of thiocarbonyl (C=S) groups is 1. The number of thiophene rings is 1. The van der Waals surface area contributed by atoms with E-state index in [0.717, 1.165) is 6.42 Å². The van der Waals surface area contributed by atoms with Crippen molar-refractivity contribution in [3.63, 3.8) is 0 Å². The molecule has 20 heavy (non-hydrogen) atoms. The molecule has 1 aromatic carbocycles. The van der Waals surface area contributed by atoms with Gasteiger partial charge in [0.25, 0.3) is 0 Å². The number of anilines is 1. The second-order valence-electron chi connectivity index (χ2n) is 4.48. The van der Waals surface area contributed by atoms with Gasteiger partial charge in [0.1, 0.15) is 4.99 Å². The first-order valence-electron chi connectivity index (χ1n) is 6.05. The first-order valence-corrected chi connectivity index (χ1v) is 8.14. The van der Waals surface area contributed by atoms with E-state index in [1.54, 1.807) is 23.5 Å². The van der Waals surface area contributed by atoms with Crippen molar-refractivity contribution in [3.05, 3.63) is 50.4 Å². The molecule has 2 aromatic rings. The van der Waals surface area contributed by atoms with Gasteiger partial charge in [-0.3, -0.25) is 0 Å². The second kappa shape index (κ2) is 6.65. The van der Waals surface area contributed by atoms with Gasteiger partial charge in [-0.05, 0) is 46.4 Å². The minimum atomic E-state index is -0.367. The van der Waals surface area contributed by atoms with Gasteiger partial charge in [0.05, 0.1) is 10.2 Å². The molecule has 1 heterocycles. The number of halogens is 2. The van der Waals surface area contributed by atoms with Crippen LogP contribution in [0.15, 0.2) is 34.1 Å². The van der Waals surface area contributed by atoms with Gasteiger partial charge in [0.2, 0.25) is 0 Å². The molecule has 1 unspecified atom stereocenters. The standard InChI is InChI=1S/C14H14BrFN2S2/c1-8(7-9-3-2-6-20-9)18-11-5-4-10(14(17)19)12(15)13(11)16/h2-6,8,18H,7H2,1H3,(H2,17,19). The summed E-state index contributed by atoms with van der Waals surface area (Å²) >= 11 is 9.78. The van der Waals surface area contributed by atoms with E-state index in [1.807, 2.05) is 18.4 Å². The Balaban J connectivity index is 2.13. The largest absolute Gasteiger partial charge is 0.389 e. The fourth-order valence-electron chi connectivity index (χ4n) is 1.90. The van der Waals surface area contributed by atoms with Crippen molar-refractivity contribution < 1.29 is 4.39 Å². The zero-order valence-electron chi connectivity index (χ0n) is 10.8. The molecule has 0 saturated heterocycles. The fraction of sp³-hybridized carbons (Fsp3) is 0.214. The normalized spacial score (nSPS) is 12.2. The first-order chi connectivity index (χ1) is 9.49. The fourth-order valence-corrected chi connectivity index (χ4v) is 3.59. The Kier molecular flexibility index (Phi) is 5.12. The molecule has 3 N–H and O–H groups in total. The Morgan fingerprint density at radius 3 is 2.85 bits per heavy atom. The summed E-state index contributed by atoms with van der Waals surface area (Å²) in [5.41, 5.74) is 6.49. The summed E-state index contributed by atoms with van der Waals surface area (Å²) in [6.45, 7) is 2.02. The lowest BCUT2D eigenvalue weighted by molar-refractivity contribution is 0.619. The molecule has 0 aliphatic heterocycles. The van der Waals surface area contributed by atoms with E-state index in [2.05, 4.69) is 27.3 Å². The van der Waals surface area contributed by atoms with E-state index >= 15 is 0 Å². The van der Waals surface area contributed by atoms with Crippen LogP contribution in [0, 0.1) is 5.82 Å². The summed E-state index contributed by atoms with van der Waals surface area (Å²) in [4.78, 5) is 1.44. The molecule has 0 aliphatic carbocycles. The van der Waals surface area contributed by atoms with Crippen LogP contribution in [-0.4, -0.2) is 11.0 Å². The first kappa shape index (κ1) is 15.4. The van der Waals surface area contributed by atoms with Gasteiger partial charge in [-0.1, -0.05) is 18.3 Å². The molecule has 0 radical (unpaired) electrons. The number of benzene rings is 1. The molecule has 0 amide bonds. The lowest BCUT2D eigenvalue weighted by Gasteiger charge is -2.16. The van der Waals surface area contributed by atoms with Crippen molar-refractivity contribution in [1.82, 2.24) is 0 Å². The lowest BCUT2D eigenvalue weighted by atomic mass is 10.1. The molecule has 0 spiro atoms. The van der Waals surface area contributed by atoms with Crippen LogP contribution in [0.1, 0.15) is 17.4 Å². The Morgan fingerprint density at radius 2 is 2.25 bits per heavy atom. The van der Waals surface area contributed by atoms with Crippen LogP contribution in [0.5, 0.6) is 0 Å². The van der Waals surface area contributed by atoms with Gasteiger partial charge >= 0.3 is 0 Å². The molecular weight excluding hydrogens is 359 g/mol. The molecule has 2 rings (SSSR count). The molecule has 6 heteroatoms. The number of rotatable bonds is 5. The summed E-state index contributed by atoms with van der Waals surface area (Å²) in [7, 11) is 0. The summed E-state index contributed by atoms with van der Waals surface area (Å²) in [6, 6.07) is 7.60. The predicted molar refractivity (Wildman–Crippen MR) is 91.1 cm³/mol.